The second-order valence-electron chi connectivity index (χ2n) is 6.58. The van der Waals surface area contributed by atoms with Crippen molar-refractivity contribution in [3.05, 3.63) is 71.8 Å². The maximum atomic E-state index is 12.7. The number of carbonyl (C=O) groups excluding carboxylic acids is 1. The van der Waals surface area contributed by atoms with Crippen LogP contribution in [0.25, 0.3) is 0 Å². The maximum absolute atomic E-state index is 12.7. The number of ether oxygens (including phenoxy) is 1. The molecule has 3 atom stereocenters. The van der Waals surface area contributed by atoms with Gasteiger partial charge < -0.3 is 10.1 Å². The van der Waals surface area contributed by atoms with Crippen molar-refractivity contribution >= 4 is 5.91 Å². The van der Waals surface area contributed by atoms with Gasteiger partial charge in [0.25, 0.3) is 0 Å². The summed E-state index contributed by atoms with van der Waals surface area (Å²) < 4.78 is 5.90. The van der Waals surface area contributed by atoms with Crippen LogP contribution in [0.1, 0.15) is 37.1 Å². The van der Waals surface area contributed by atoms with Gasteiger partial charge in [0.05, 0.1) is 24.8 Å². The Hall–Kier alpha value is -2.17. The summed E-state index contributed by atoms with van der Waals surface area (Å²) in [6.45, 7) is 6.15. The molecule has 3 unspecified atom stereocenters. The van der Waals surface area contributed by atoms with Crippen LogP contribution < -0.4 is 5.32 Å². The zero-order valence-electron chi connectivity index (χ0n) is 14.9. The lowest BCUT2D eigenvalue weighted by Gasteiger charge is -2.36. The minimum atomic E-state index is -0.179. The summed E-state index contributed by atoms with van der Waals surface area (Å²) in [6, 6.07) is 20.1. The van der Waals surface area contributed by atoms with E-state index in [4.69, 9.17) is 4.74 Å². The lowest BCUT2D eigenvalue weighted by molar-refractivity contribution is -0.130. The molecule has 0 radical (unpaired) electrons. The molecule has 4 heteroatoms. The summed E-state index contributed by atoms with van der Waals surface area (Å²) in [7, 11) is 0. The van der Waals surface area contributed by atoms with Crippen molar-refractivity contribution in [1.82, 2.24) is 10.2 Å². The Kier molecular flexibility index (Phi) is 5.84. The lowest BCUT2D eigenvalue weighted by atomic mass is 10.1. The van der Waals surface area contributed by atoms with E-state index in [0.717, 1.165) is 24.2 Å². The van der Waals surface area contributed by atoms with Crippen LogP contribution in [-0.2, 0) is 9.53 Å². The van der Waals surface area contributed by atoms with Crippen LogP contribution in [0, 0.1) is 0 Å². The normalized spacial score (nSPS) is 20.6. The van der Waals surface area contributed by atoms with E-state index in [1.165, 1.54) is 0 Å². The molecule has 2 aromatic rings. The minimum absolute atomic E-state index is 0.00195. The molecule has 1 aliphatic rings. The number of amides is 1. The first kappa shape index (κ1) is 17.6. The standard InChI is InChI=1S/C21H26N2O2/c1-16(18-9-5-3-6-10-18)22-21(24)17(2)23-13-14-25-20(15-23)19-11-7-4-8-12-19/h3-12,16-17,20H,13-15H2,1-2H3,(H,22,24). The molecule has 1 heterocycles. The summed E-state index contributed by atoms with van der Waals surface area (Å²) in [5.74, 6) is 0.0602. The van der Waals surface area contributed by atoms with Crippen molar-refractivity contribution in [3.8, 4) is 0 Å². The van der Waals surface area contributed by atoms with Crippen molar-refractivity contribution in [1.29, 1.82) is 0 Å². The summed E-state index contributed by atoms with van der Waals surface area (Å²) in [4.78, 5) is 14.9. The molecule has 0 spiro atoms. The molecule has 1 aliphatic heterocycles. The van der Waals surface area contributed by atoms with E-state index in [2.05, 4.69) is 22.3 Å². The van der Waals surface area contributed by atoms with Crippen molar-refractivity contribution in [2.75, 3.05) is 19.7 Å². The number of morpholine rings is 1. The van der Waals surface area contributed by atoms with Crippen molar-refractivity contribution in [2.24, 2.45) is 0 Å². The average Bonchev–Trinajstić information content (AvgIpc) is 2.68. The third-order valence-corrected chi connectivity index (χ3v) is 4.85. The van der Waals surface area contributed by atoms with E-state index in [0.29, 0.717) is 6.61 Å². The summed E-state index contributed by atoms with van der Waals surface area (Å²) in [5.41, 5.74) is 2.28. The Morgan fingerprint density at radius 2 is 1.72 bits per heavy atom. The van der Waals surface area contributed by atoms with Crippen molar-refractivity contribution < 1.29 is 9.53 Å². The average molecular weight is 338 g/mol. The van der Waals surface area contributed by atoms with E-state index in [1.807, 2.05) is 62.4 Å². The number of hydrogen-bond acceptors (Lipinski definition) is 3. The van der Waals surface area contributed by atoms with Gasteiger partial charge in [-0.05, 0) is 25.0 Å². The smallest absolute Gasteiger partial charge is 0.237 e. The Morgan fingerprint density at radius 1 is 1.08 bits per heavy atom. The first-order valence-electron chi connectivity index (χ1n) is 8.91. The number of hydrogen-bond donors (Lipinski definition) is 1. The van der Waals surface area contributed by atoms with Gasteiger partial charge in [0.1, 0.15) is 0 Å². The van der Waals surface area contributed by atoms with Gasteiger partial charge >= 0.3 is 0 Å². The fraction of sp³-hybridized carbons (Fsp3) is 0.381. The van der Waals surface area contributed by atoms with Gasteiger partial charge in [-0.2, -0.15) is 0 Å². The highest BCUT2D eigenvalue weighted by molar-refractivity contribution is 5.81. The summed E-state index contributed by atoms with van der Waals surface area (Å²) >= 11 is 0. The molecule has 4 nitrogen and oxygen atoms in total. The first-order valence-corrected chi connectivity index (χ1v) is 8.91. The van der Waals surface area contributed by atoms with Crippen LogP contribution in [0.15, 0.2) is 60.7 Å². The van der Waals surface area contributed by atoms with E-state index in [1.54, 1.807) is 0 Å². The Balaban J connectivity index is 1.60. The van der Waals surface area contributed by atoms with Gasteiger partial charge in [-0.15, -0.1) is 0 Å². The lowest BCUT2D eigenvalue weighted by Crippen LogP contribution is -2.50. The van der Waals surface area contributed by atoms with Gasteiger partial charge in [0.15, 0.2) is 0 Å². The number of carbonyl (C=O) groups is 1. The van der Waals surface area contributed by atoms with E-state index >= 15 is 0 Å². The third kappa shape index (κ3) is 4.47. The quantitative estimate of drug-likeness (QED) is 0.909. The topological polar surface area (TPSA) is 41.6 Å². The van der Waals surface area contributed by atoms with Crippen LogP contribution in [0.3, 0.4) is 0 Å². The van der Waals surface area contributed by atoms with Crippen LogP contribution in [-0.4, -0.2) is 36.5 Å². The molecule has 0 aliphatic carbocycles. The van der Waals surface area contributed by atoms with Crippen LogP contribution >= 0.6 is 0 Å². The number of nitrogens with one attached hydrogen (secondary N) is 1. The number of benzene rings is 2. The molecule has 1 N–H and O–H groups in total. The van der Waals surface area contributed by atoms with E-state index < -0.39 is 0 Å². The molecule has 132 valence electrons. The predicted molar refractivity (Wildman–Crippen MR) is 99.2 cm³/mol. The zero-order chi connectivity index (χ0) is 17.6. The Labute approximate surface area is 149 Å². The molecule has 0 bridgehead atoms. The highest BCUT2D eigenvalue weighted by atomic mass is 16.5. The predicted octanol–water partition coefficient (Wildman–Crippen LogP) is 3.33. The van der Waals surface area contributed by atoms with Crippen LogP contribution in [0.5, 0.6) is 0 Å². The van der Waals surface area contributed by atoms with Gasteiger partial charge in [0.2, 0.25) is 5.91 Å². The van der Waals surface area contributed by atoms with Gasteiger partial charge in [-0.3, -0.25) is 9.69 Å². The Morgan fingerprint density at radius 3 is 2.40 bits per heavy atom. The molecule has 0 saturated carbocycles. The fourth-order valence-electron chi connectivity index (χ4n) is 3.22. The van der Waals surface area contributed by atoms with Crippen molar-refractivity contribution in [3.63, 3.8) is 0 Å². The summed E-state index contributed by atoms with van der Waals surface area (Å²) in [6.07, 6.45) is 0.0248. The molecule has 1 amide bonds. The molecule has 2 aromatic carbocycles. The molecular weight excluding hydrogens is 312 g/mol. The van der Waals surface area contributed by atoms with Gasteiger partial charge in [-0.25, -0.2) is 0 Å². The molecule has 1 fully saturated rings. The third-order valence-electron chi connectivity index (χ3n) is 4.85. The molecule has 0 aromatic heterocycles. The summed E-state index contributed by atoms with van der Waals surface area (Å²) in [5, 5.41) is 3.13. The Bertz CT molecular complexity index is 675. The second-order valence-corrected chi connectivity index (χ2v) is 6.58. The van der Waals surface area contributed by atoms with E-state index in [-0.39, 0.29) is 24.1 Å². The monoisotopic (exact) mass is 338 g/mol. The maximum Gasteiger partial charge on any atom is 0.237 e. The fourth-order valence-corrected chi connectivity index (χ4v) is 3.22. The molecule has 3 rings (SSSR count). The van der Waals surface area contributed by atoms with Gasteiger partial charge in [-0.1, -0.05) is 60.7 Å². The van der Waals surface area contributed by atoms with E-state index in [9.17, 15) is 4.79 Å². The number of rotatable bonds is 5. The van der Waals surface area contributed by atoms with Crippen LogP contribution in [0.4, 0.5) is 0 Å². The highest BCUT2D eigenvalue weighted by Crippen LogP contribution is 2.23. The van der Waals surface area contributed by atoms with Crippen LogP contribution in [0.2, 0.25) is 0 Å². The molecular formula is C21H26N2O2. The largest absolute Gasteiger partial charge is 0.371 e. The first-order chi connectivity index (χ1) is 12.1. The SMILES string of the molecule is CC(NC(=O)C(C)N1CCOC(c2ccccc2)C1)c1ccccc1. The zero-order valence-corrected chi connectivity index (χ0v) is 14.9. The highest BCUT2D eigenvalue weighted by Gasteiger charge is 2.29. The van der Waals surface area contributed by atoms with Gasteiger partial charge in [0, 0.05) is 13.1 Å². The van der Waals surface area contributed by atoms with Crippen molar-refractivity contribution in [2.45, 2.75) is 32.0 Å². The minimum Gasteiger partial charge on any atom is -0.371 e. The molecule has 25 heavy (non-hydrogen) atoms. The second kappa shape index (κ2) is 8.28. The number of nitrogens with zero attached hydrogens (tertiary/aromatic N) is 1. The molecule has 1 saturated heterocycles.